The van der Waals surface area contributed by atoms with Crippen molar-refractivity contribution >= 4 is 22.9 Å². The number of thiazole rings is 1. The van der Waals surface area contributed by atoms with Gasteiger partial charge in [-0.1, -0.05) is 6.92 Å². The fourth-order valence-corrected chi connectivity index (χ4v) is 2.44. The number of aromatic amines is 1. The van der Waals surface area contributed by atoms with Gasteiger partial charge in [-0.2, -0.15) is 13.2 Å². The summed E-state index contributed by atoms with van der Waals surface area (Å²) in [5.41, 5.74) is -1.76. The molecule has 2 rings (SSSR count). The first kappa shape index (κ1) is 16.2. The average molecular weight is 331 g/mol. The summed E-state index contributed by atoms with van der Waals surface area (Å²) in [4.78, 5) is 29.4. The first-order valence-corrected chi connectivity index (χ1v) is 7.20. The van der Waals surface area contributed by atoms with Crippen LogP contribution in [0.1, 0.15) is 23.2 Å². The number of rotatable bonds is 4. The van der Waals surface area contributed by atoms with Gasteiger partial charge in [-0.05, 0) is 12.5 Å². The van der Waals surface area contributed by atoms with E-state index in [0.29, 0.717) is 18.0 Å². The summed E-state index contributed by atoms with van der Waals surface area (Å²) in [5.74, 6) is -0.599. The highest BCUT2D eigenvalue weighted by molar-refractivity contribution is 7.09. The highest BCUT2D eigenvalue weighted by atomic mass is 32.1. The molecule has 0 aromatic carbocycles. The van der Waals surface area contributed by atoms with Crippen LogP contribution in [0.2, 0.25) is 0 Å². The van der Waals surface area contributed by atoms with E-state index < -0.39 is 28.9 Å². The number of halogens is 3. The lowest BCUT2D eigenvalue weighted by Crippen LogP contribution is -2.22. The first-order valence-electron chi connectivity index (χ1n) is 6.32. The van der Waals surface area contributed by atoms with Gasteiger partial charge in [-0.25, -0.2) is 4.98 Å². The Labute approximate surface area is 127 Å². The van der Waals surface area contributed by atoms with Crippen LogP contribution in [0.3, 0.4) is 0 Å². The average Bonchev–Trinajstić information content (AvgIpc) is 2.87. The van der Waals surface area contributed by atoms with E-state index >= 15 is 0 Å². The molecule has 0 bridgehead atoms. The fraction of sp³-hybridized carbons (Fsp3) is 0.308. The molecule has 0 fully saturated rings. The van der Waals surface area contributed by atoms with Crippen LogP contribution in [-0.4, -0.2) is 15.9 Å². The van der Waals surface area contributed by atoms with E-state index in [9.17, 15) is 22.8 Å². The second-order valence-electron chi connectivity index (χ2n) is 4.44. The molecule has 2 aromatic heterocycles. The Morgan fingerprint density at radius 1 is 1.45 bits per heavy atom. The molecule has 0 aliphatic rings. The Hall–Kier alpha value is -2.16. The molecular formula is C13H12F3N3O2S. The number of alkyl halides is 3. The second kappa shape index (κ2) is 6.30. The van der Waals surface area contributed by atoms with Crippen molar-refractivity contribution in [1.29, 1.82) is 0 Å². The number of anilines is 1. The maximum Gasteiger partial charge on any atom is 0.417 e. The molecule has 9 heteroatoms. The lowest BCUT2D eigenvalue weighted by Gasteiger charge is -2.08. The zero-order valence-corrected chi connectivity index (χ0v) is 12.3. The van der Waals surface area contributed by atoms with Crippen molar-refractivity contribution in [2.45, 2.75) is 25.9 Å². The minimum absolute atomic E-state index is 0.105. The van der Waals surface area contributed by atoms with Crippen LogP contribution < -0.4 is 10.9 Å². The second-order valence-corrected chi connectivity index (χ2v) is 5.38. The quantitative estimate of drug-likeness (QED) is 0.904. The van der Waals surface area contributed by atoms with Gasteiger partial charge < -0.3 is 10.3 Å². The van der Waals surface area contributed by atoms with Crippen LogP contribution in [-0.2, 0) is 23.8 Å². The van der Waals surface area contributed by atoms with Crippen molar-refractivity contribution in [2.75, 3.05) is 5.32 Å². The van der Waals surface area contributed by atoms with E-state index in [1.165, 1.54) is 11.3 Å². The molecule has 0 saturated carbocycles. The molecule has 22 heavy (non-hydrogen) atoms. The molecule has 118 valence electrons. The van der Waals surface area contributed by atoms with Gasteiger partial charge in [0.25, 0.3) is 5.56 Å². The topological polar surface area (TPSA) is 74.8 Å². The van der Waals surface area contributed by atoms with E-state index in [0.717, 1.165) is 11.4 Å². The lowest BCUT2D eigenvalue weighted by molar-refractivity contribution is -0.137. The monoisotopic (exact) mass is 331 g/mol. The number of carbonyl (C=O) groups is 1. The number of nitrogens with one attached hydrogen (secondary N) is 2. The molecule has 2 N–H and O–H groups in total. The number of pyridine rings is 1. The number of hydrogen-bond donors (Lipinski definition) is 2. The molecule has 1 amide bonds. The summed E-state index contributed by atoms with van der Waals surface area (Å²) in [6.45, 7) is 1.92. The normalized spacial score (nSPS) is 11.5. The van der Waals surface area contributed by atoms with Crippen molar-refractivity contribution in [3.05, 3.63) is 44.3 Å². The van der Waals surface area contributed by atoms with Crippen molar-refractivity contribution in [1.82, 2.24) is 9.97 Å². The number of hydrogen-bond acceptors (Lipinski definition) is 4. The molecular weight excluding hydrogens is 319 g/mol. The third kappa shape index (κ3) is 3.94. The molecule has 0 saturated heterocycles. The summed E-state index contributed by atoms with van der Waals surface area (Å²) >= 11 is 1.40. The third-order valence-corrected chi connectivity index (χ3v) is 3.79. The smallest absolute Gasteiger partial charge is 0.327 e. The van der Waals surface area contributed by atoms with Gasteiger partial charge in [0.1, 0.15) is 5.69 Å². The van der Waals surface area contributed by atoms with Gasteiger partial charge in [0.15, 0.2) is 0 Å². The minimum Gasteiger partial charge on any atom is -0.327 e. The maximum absolute atomic E-state index is 12.6. The van der Waals surface area contributed by atoms with Gasteiger partial charge in [0.2, 0.25) is 5.91 Å². The zero-order chi connectivity index (χ0) is 16.3. The van der Waals surface area contributed by atoms with Gasteiger partial charge >= 0.3 is 6.18 Å². The summed E-state index contributed by atoms with van der Waals surface area (Å²) in [7, 11) is 0. The van der Waals surface area contributed by atoms with Gasteiger partial charge in [0.05, 0.1) is 22.7 Å². The number of nitrogens with zero attached hydrogens (tertiary/aromatic N) is 1. The third-order valence-electron chi connectivity index (χ3n) is 2.75. The van der Waals surface area contributed by atoms with Crippen molar-refractivity contribution in [3.63, 3.8) is 0 Å². The van der Waals surface area contributed by atoms with Crippen LogP contribution in [0.15, 0.2) is 22.4 Å². The SMILES string of the molecule is CCc1nc(CC(=O)Nc2cc(C(F)(F)F)c[nH]c2=O)cs1. The Balaban J connectivity index is 2.12. The molecule has 5 nitrogen and oxygen atoms in total. The van der Waals surface area contributed by atoms with Crippen LogP contribution in [0, 0.1) is 0 Å². The highest BCUT2D eigenvalue weighted by Gasteiger charge is 2.31. The van der Waals surface area contributed by atoms with E-state index in [1.807, 2.05) is 11.9 Å². The number of H-pyrrole nitrogens is 1. The van der Waals surface area contributed by atoms with Crippen molar-refractivity contribution in [3.8, 4) is 0 Å². The van der Waals surface area contributed by atoms with E-state index in [1.54, 1.807) is 5.38 Å². The van der Waals surface area contributed by atoms with Gasteiger partial charge in [-0.3, -0.25) is 9.59 Å². The summed E-state index contributed by atoms with van der Waals surface area (Å²) in [5, 5.41) is 4.74. The minimum atomic E-state index is -4.60. The zero-order valence-electron chi connectivity index (χ0n) is 11.5. The molecule has 0 radical (unpaired) electrons. The number of aryl methyl sites for hydroxylation is 1. The van der Waals surface area contributed by atoms with Crippen LogP contribution in [0.4, 0.5) is 18.9 Å². The number of carbonyl (C=O) groups excluding carboxylic acids is 1. The van der Waals surface area contributed by atoms with E-state index in [4.69, 9.17) is 0 Å². The molecule has 0 spiro atoms. The molecule has 0 aliphatic heterocycles. The molecule has 0 aliphatic carbocycles. The van der Waals surface area contributed by atoms with Crippen molar-refractivity contribution in [2.24, 2.45) is 0 Å². The fourth-order valence-electron chi connectivity index (χ4n) is 1.69. The summed E-state index contributed by atoms with van der Waals surface area (Å²) in [6, 6.07) is 0.606. The number of aromatic nitrogens is 2. The molecule has 2 aromatic rings. The standard InChI is InChI=1S/C13H12F3N3O2S/c1-2-11-18-8(6-22-11)4-10(20)19-9-3-7(13(14,15)16)5-17-12(9)21/h3,5-6H,2,4H2,1H3,(H,17,21)(H,19,20). The summed E-state index contributed by atoms with van der Waals surface area (Å²) in [6.07, 6.45) is -3.41. The van der Waals surface area contributed by atoms with Crippen LogP contribution in [0.5, 0.6) is 0 Å². The van der Waals surface area contributed by atoms with Gasteiger partial charge in [0, 0.05) is 11.6 Å². The Morgan fingerprint density at radius 2 is 2.18 bits per heavy atom. The maximum atomic E-state index is 12.6. The van der Waals surface area contributed by atoms with Crippen molar-refractivity contribution < 1.29 is 18.0 Å². The van der Waals surface area contributed by atoms with E-state index in [2.05, 4.69) is 10.3 Å². The Kier molecular flexibility index (Phi) is 4.65. The van der Waals surface area contributed by atoms with Crippen LogP contribution in [0.25, 0.3) is 0 Å². The van der Waals surface area contributed by atoms with E-state index in [-0.39, 0.29) is 6.42 Å². The predicted molar refractivity (Wildman–Crippen MR) is 75.9 cm³/mol. The lowest BCUT2D eigenvalue weighted by atomic mass is 10.2. The largest absolute Gasteiger partial charge is 0.417 e. The van der Waals surface area contributed by atoms with Crippen LogP contribution >= 0.6 is 11.3 Å². The molecule has 2 heterocycles. The molecule has 0 unspecified atom stereocenters. The Morgan fingerprint density at radius 3 is 2.77 bits per heavy atom. The molecule has 0 atom stereocenters. The number of amides is 1. The predicted octanol–water partition coefficient (Wildman–Crippen LogP) is 2.59. The highest BCUT2D eigenvalue weighted by Crippen LogP contribution is 2.29. The van der Waals surface area contributed by atoms with Gasteiger partial charge in [-0.15, -0.1) is 11.3 Å². The first-order chi connectivity index (χ1) is 10.3. The Bertz CT molecular complexity index is 737. The summed E-state index contributed by atoms with van der Waals surface area (Å²) < 4.78 is 37.7.